The number of rotatable bonds is 6. The maximum absolute atomic E-state index is 12.0. The topological polar surface area (TPSA) is 54.3 Å². The normalized spacial score (nSPS) is 10.9. The number of aromatic nitrogens is 1. The molecule has 0 atom stereocenters. The molecule has 0 bridgehead atoms. The van der Waals surface area contributed by atoms with Crippen LogP contribution in [0.3, 0.4) is 0 Å². The molecule has 0 spiro atoms. The van der Waals surface area contributed by atoms with E-state index in [9.17, 15) is 9.59 Å². The molecule has 0 saturated carbocycles. The lowest BCUT2D eigenvalue weighted by molar-refractivity contribution is -0.116. The van der Waals surface area contributed by atoms with Gasteiger partial charge in [0, 0.05) is 36.3 Å². The van der Waals surface area contributed by atoms with Crippen LogP contribution >= 0.6 is 11.3 Å². The van der Waals surface area contributed by atoms with E-state index in [0.29, 0.717) is 6.54 Å². The van der Waals surface area contributed by atoms with Crippen molar-refractivity contribution in [1.82, 2.24) is 9.47 Å². The zero-order chi connectivity index (χ0) is 16.1. The zero-order valence-electron chi connectivity index (χ0n) is 13.1. The van der Waals surface area contributed by atoms with Crippen LogP contribution in [0, 0.1) is 6.92 Å². The Kier molecular flexibility index (Phi) is 5.51. The summed E-state index contributed by atoms with van der Waals surface area (Å²) in [5.74, 6) is -0.0838. The summed E-state index contributed by atoms with van der Waals surface area (Å²) in [6.07, 6.45) is 0.287. The Labute approximate surface area is 134 Å². The fraction of sp³-hybridized carbons (Fsp3) is 0.375. The van der Waals surface area contributed by atoms with Gasteiger partial charge in [0.15, 0.2) is 0 Å². The second-order valence-corrected chi connectivity index (χ2v) is 6.35. The number of hydrogen-bond donors (Lipinski definition) is 1. The SMILES string of the molecule is Cc1csc(=O)n1CCC(=O)Nc1cccc(CN(C)C)c1. The lowest BCUT2D eigenvalue weighted by atomic mass is 10.2. The highest BCUT2D eigenvalue weighted by molar-refractivity contribution is 7.07. The summed E-state index contributed by atoms with van der Waals surface area (Å²) >= 11 is 1.17. The predicted molar refractivity (Wildman–Crippen MR) is 90.4 cm³/mol. The van der Waals surface area contributed by atoms with Crippen molar-refractivity contribution in [2.45, 2.75) is 26.4 Å². The fourth-order valence-corrected chi connectivity index (χ4v) is 2.99. The van der Waals surface area contributed by atoms with Gasteiger partial charge in [-0.2, -0.15) is 0 Å². The molecule has 118 valence electrons. The summed E-state index contributed by atoms with van der Waals surface area (Å²) in [4.78, 5) is 25.7. The molecule has 2 rings (SSSR count). The van der Waals surface area contributed by atoms with Crippen molar-refractivity contribution in [3.8, 4) is 0 Å². The summed E-state index contributed by atoms with van der Waals surface area (Å²) < 4.78 is 1.63. The molecule has 1 N–H and O–H groups in total. The van der Waals surface area contributed by atoms with Crippen LogP contribution in [0.4, 0.5) is 5.69 Å². The van der Waals surface area contributed by atoms with Crippen molar-refractivity contribution >= 4 is 22.9 Å². The molecule has 22 heavy (non-hydrogen) atoms. The number of carbonyl (C=O) groups is 1. The third-order valence-corrected chi connectivity index (χ3v) is 4.13. The molecule has 0 aliphatic heterocycles. The van der Waals surface area contributed by atoms with Crippen LogP contribution < -0.4 is 10.2 Å². The van der Waals surface area contributed by atoms with Crippen molar-refractivity contribution in [2.75, 3.05) is 19.4 Å². The van der Waals surface area contributed by atoms with E-state index in [-0.39, 0.29) is 17.2 Å². The number of anilines is 1. The van der Waals surface area contributed by atoms with Gasteiger partial charge in [-0.3, -0.25) is 9.59 Å². The van der Waals surface area contributed by atoms with E-state index in [2.05, 4.69) is 10.2 Å². The van der Waals surface area contributed by atoms with Crippen LogP contribution in [0.2, 0.25) is 0 Å². The second kappa shape index (κ2) is 7.38. The standard InChI is InChI=1S/C16H21N3O2S/c1-12-11-22-16(21)19(12)8-7-15(20)17-14-6-4-5-13(9-14)10-18(2)3/h4-6,9,11H,7-8,10H2,1-3H3,(H,17,20). The Hall–Kier alpha value is -1.92. The average molecular weight is 319 g/mol. The Morgan fingerprint density at radius 1 is 1.36 bits per heavy atom. The molecule has 0 saturated heterocycles. The van der Waals surface area contributed by atoms with E-state index in [4.69, 9.17) is 0 Å². The zero-order valence-corrected chi connectivity index (χ0v) is 13.9. The van der Waals surface area contributed by atoms with Crippen LogP contribution in [0.5, 0.6) is 0 Å². The van der Waals surface area contributed by atoms with Gasteiger partial charge in [-0.05, 0) is 38.7 Å². The van der Waals surface area contributed by atoms with E-state index in [1.807, 2.05) is 50.7 Å². The van der Waals surface area contributed by atoms with Crippen LogP contribution in [-0.4, -0.2) is 29.5 Å². The van der Waals surface area contributed by atoms with Gasteiger partial charge in [0.2, 0.25) is 5.91 Å². The van der Waals surface area contributed by atoms with Gasteiger partial charge in [0.05, 0.1) is 0 Å². The van der Waals surface area contributed by atoms with Gasteiger partial charge in [0.25, 0.3) is 0 Å². The number of amides is 1. The highest BCUT2D eigenvalue weighted by Crippen LogP contribution is 2.12. The van der Waals surface area contributed by atoms with Crippen LogP contribution in [-0.2, 0) is 17.9 Å². The first-order valence-corrected chi connectivity index (χ1v) is 8.02. The van der Waals surface area contributed by atoms with E-state index in [1.54, 1.807) is 4.57 Å². The second-order valence-electron chi connectivity index (χ2n) is 5.53. The van der Waals surface area contributed by atoms with Gasteiger partial charge in [0.1, 0.15) is 0 Å². The molecule has 2 aromatic rings. The molecule has 0 aliphatic rings. The number of benzene rings is 1. The molecule has 1 aromatic heterocycles. The predicted octanol–water partition coefficient (Wildman–Crippen LogP) is 2.31. The minimum Gasteiger partial charge on any atom is -0.326 e. The van der Waals surface area contributed by atoms with Crippen molar-refractivity contribution in [1.29, 1.82) is 0 Å². The Morgan fingerprint density at radius 3 is 2.77 bits per heavy atom. The molecule has 0 radical (unpaired) electrons. The van der Waals surface area contributed by atoms with Crippen LogP contribution in [0.25, 0.3) is 0 Å². The Morgan fingerprint density at radius 2 is 2.14 bits per heavy atom. The van der Waals surface area contributed by atoms with Crippen molar-refractivity contribution in [3.05, 3.63) is 50.6 Å². The maximum Gasteiger partial charge on any atom is 0.307 e. The Balaban J connectivity index is 1.93. The molecule has 0 unspecified atom stereocenters. The highest BCUT2D eigenvalue weighted by Gasteiger charge is 2.07. The van der Waals surface area contributed by atoms with Gasteiger partial charge in [-0.25, -0.2) is 0 Å². The first kappa shape index (κ1) is 16.5. The molecule has 6 heteroatoms. The summed E-state index contributed by atoms with van der Waals surface area (Å²) in [5.41, 5.74) is 2.84. The van der Waals surface area contributed by atoms with E-state index < -0.39 is 0 Å². The number of nitrogens with one attached hydrogen (secondary N) is 1. The van der Waals surface area contributed by atoms with Gasteiger partial charge in [-0.15, -0.1) is 0 Å². The molecule has 0 aliphatic carbocycles. The number of hydrogen-bond acceptors (Lipinski definition) is 4. The largest absolute Gasteiger partial charge is 0.326 e. The third kappa shape index (κ3) is 4.54. The van der Waals surface area contributed by atoms with Gasteiger partial charge in [-0.1, -0.05) is 23.5 Å². The molecule has 5 nitrogen and oxygen atoms in total. The smallest absolute Gasteiger partial charge is 0.307 e. The number of thiazole rings is 1. The summed E-state index contributed by atoms with van der Waals surface area (Å²) in [6.45, 7) is 3.12. The first-order valence-electron chi connectivity index (χ1n) is 7.14. The van der Waals surface area contributed by atoms with E-state index >= 15 is 0 Å². The minimum atomic E-state index is -0.0838. The van der Waals surface area contributed by atoms with Crippen molar-refractivity contribution < 1.29 is 4.79 Å². The molecule has 0 fully saturated rings. The molecule has 1 amide bonds. The minimum absolute atomic E-state index is 0.0155. The number of carbonyl (C=O) groups excluding carboxylic acids is 1. The lowest BCUT2D eigenvalue weighted by Crippen LogP contribution is -2.20. The van der Waals surface area contributed by atoms with Gasteiger partial charge < -0.3 is 14.8 Å². The van der Waals surface area contributed by atoms with E-state index in [1.165, 1.54) is 11.3 Å². The summed E-state index contributed by atoms with van der Waals surface area (Å²) in [5, 5.41) is 4.70. The van der Waals surface area contributed by atoms with Crippen LogP contribution in [0.1, 0.15) is 17.7 Å². The lowest BCUT2D eigenvalue weighted by Gasteiger charge is -2.11. The maximum atomic E-state index is 12.0. The quantitative estimate of drug-likeness (QED) is 0.889. The average Bonchev–Trinajstić information content (AvgIpc) is 2.75. The molecular weight excluding hydrogens is 298 g/mol. The summed E-state index contributed by atoms with van der Waals surface area (Å²) in [7, 11) is 4.01. The monoisotopic (exact) mass is 319 g/mol. The Bertz CT molecular complexity index is 703. The molecule has 1 aromatic carbocycles. The summed E-state index contributed by atoms with van der Waals surface area (Å²) in [6, 6.07) is 7.81. The van der Waals surface area contributed by atoms with Gasteiger partial charge >= 0.3 is 4.87 Å². The number of aryl methyl sites for hydroxylation is 1. The highest BCUT2D eigenvalue weighted by atomic mass is 32.1. The van der Waals surface area contributed by atoms with Crippen LogP contribution in [0.15, 0.2) is 34.4 Å². The fourth-order valence-electron chi connectivity index (χ4n) is 2.22. The molecular formula is C16H21N3O2S. The third-order valence-electron chi connectivity index (χ3n) is 3.25. The van der Waals surface area contributed by atoms with Crippen molar-refractivity contribution in [3.63, 3.8) is 0 Å². The number of nitrogens with zero attached hydrogens (tertiary/aromatic N) is 2. The first-order chi connectivity index (χ1) is 10.5. The van der Waals surface area contributed by atoms with Crippen molar-refractivity contribution in [2.24, 2.45) is 0 Å². The van der Waals surface area contributed by atoms with E-state index in [0.717, 1.165) is 23.5 Å². The molecule has 1 heterocycles.